The molecule has 1 amide bonds. The molecule has 1 N–H and O–H groups in total. The fraction of sp³-hybridized carbons (Fsp3) is 0.480. The smallest absolute Gasteiger partial charge is 0.225 e. The van der Waals surface area contributed by atoms with E-state index in [9.17, 15) is 4.79 Å². The lowest BCUT2D eigenvalue weighted by molar-refractivity contribution is -0.125. The van der Waals surface area contributed by atoms with Crippen LogP contribution in [0.4, 0.5) is 5.95 Å². The van der Waals surface area contributed by atoms with E-state index in [0.29, 0.717) is 6.54 Å². The fourth-order valence-corrected chi connectivity index (χ4v) is 4.23. The SMILES string of the molecule is Cc1ccn(C[C@@H](C)C(=O)NC2CCN(c3ncc(-c4ccncc4)c(C(C)C)n3)CC2)n1. The molecule has 0 saturated carbocycles. The molecule has 8 heteroatoms. The van der Waals surface area contributed by atoms with E-state index in [2.05, 4.69) is 39.1 Å². The second kappa shape index (κ2) is 10.1. The van der Waals surface area contributed by atoms with Crippen LogP contribution in [0.15, 0.2) is 43.0 Å². The molecular formula is C25H33N7O. The highest BCUT2D eigenvalue weighted by Gasteiger charge is 2.25. The minimum Gasteiger partial charge on any atom is -0.353 e. The van der Waals surface area contributed by atoms with Gasteiger partial charge in [-0.05, 0) is 49.4 Å². The summed E-state index contributed by atoms with van der Waals surface area (Å²) in [6.45, 7) is 10.5. The Morgan fingerprint density at radius 3 is 2.52 bits per heavy atom. The molecule has 33 heavy (non-hydrogen) atoms. The van der Waals surface area contributed by atoms with Crippen LogP contribution in [0.3, 0.4) is 0 Å². The van der Waals surface area contributed by atoms with Gasteiger partial charge in [0.1, 0.15) is 0 Å². The molecule has 3 aromatic heterocycles. The lowest BCUT2D eigenvalue weighted by Crippen LogP contribution is -2.47. The van der Waals surface area contributed by atoms with E-state index in [1.807, 2.05) is 49.1 Å². The Bertz CT molecular complexity index is 1070. The Morgan fingerprint density at radius 1 is 1.15 bits per heavy atom. The Labute approximate surface area is 195 Å². The quantitative estimate of drug-likeness (QED) is 0.595. The molecule has 4 heterocycles. The van der Waals surface area contributed by atoms with Crippen molar-refractivity contribution in [2.45, 2.75) is 59.0 Å². The molecule has 8 nitrogen and oxygen atoms in total. The number of hydrogen-bond donors (Lipinski definition) is 1. The van der Waals surface area contributed by atoms with Crippen molar-refractivity contribution in [2.75, 3.05) is 18.0 Å². The molecule has 174 valence electrons. The van der Waals surface area contributed by atoms with Gasteiger partial charge in [0.05, 0.1) is 23.9 Å². The lowest BCUT2D eigenvalue weighted by atomic mass is 10.00. The molecule has 0 unspecified atom stereocenters. The van der Waals surface area contributed by atoms with Gasteiger partial charge in [-0.1, -0.05) is 20.8 Å². The number of piperidine rings is 1. The molecule has 0 spiro atoms. The minimum atomic E-state index is -0.125. The maximum absolute atomic E-state index is 12.7. The summed E-state index contributed by atoms with van der Waals surface area (Å²) >= 11 is 0. The van der Waals surface area contributed by atoms with Crippen LogP contribution in [-0.4, -0.2) is 49.8 Å². The fourth-order valence-electron chi connectivity index (χ4n) is 4.23. The van der Waals surface area contributed by atoms with E-state index < -0.39 is 0 Å². The largest absolute Gasteiger partial charge is 0.353 e. The number of nitrogens with zero attached hydrogens (tertiary/aromatic N) is 6. The summed E-state index contributed by atoms with van der Waals surface area (Å²) in [6.07, 6.45) is 9.20. The van der Waals surface area contributed by atoms with Crippen LogP contribution in [0.2, 0.25) is 0 Å². The van der Waals surface area contributed by atoms with Crippen molar-refractivity contribution in [3.8, 4) is 11.1 Å². The molecule has 1 saturated heterocycles. The predicted molar refractivity (Wildman–Crippen MR) is 129 cm³/mol. The van der Waals surface area contributed by atoms with Gasteiger partial charge in [0.25, 0.3) is 0 Å². The third-order valence-corrected chi connectivity index (χ3v) is 6.15. The monoisotopic (exact) mass is 447 g/mol. The highest BCUT2D eigenvalue weighted by molar-refractivity contribution is 5.78. The van der Waals surface area contributed by atoms with Crippen LogP contribution >= 0.6 is 0 Å². The first-order valence-corrected chi connectivity index (χ1v) is 11.7. The van der Waals surface area contributed by atoms with Crippen LogP contribution in [0.1, 0.15) is 50.9 Å². The summed E-state index contributed by atoms with van der Waals surface area (Å²) in [7, 11) is 0. The summed E-state index contributed by atoms with van der Waals surface area (Å²) in [4.78, 5) is 28.6. The Kier molecular flexibility index (Phi) is 7.01. The zero-order valence-electron chi connectivity index (χ0n) is 19.9. The van der Waals surface area contributed by atoms with Crippen molar-refractivity contribution in [1.82, 2.24) is 30.0 Å². The normalized spacial score (nSPS) is 15.6. The zero-order valence-corrected chi connectivity index (χ0v) is 19.9. The van der Waals surface area contributed by atoms with Crippen LogP contribution in [0.25, 0.3) is 11.1 Å². The van der Waals surface area contributed by atoms with E-state index >= 15 is 0 Å². The van der Waals surface area contributed by atoms with Gasteiger partial charge in [-0.15, -0.1) is 0 Å². The Hall–Kier alpha value is -3.29. The summed E-state index contributed by atoms with van der Waals surface area (Å²) in [5.41, 5.74) is 4.15. The van der Waals surface area contributed by atoms with Gasteiger partial charge in [0, 0.05) is 49.5 Å². The molecule has 3 aromatic rings. The minimum absolute atomic E-state index is 0.0849. The first-order chi connectivity index (χ1) is 15.9. The number of amides is 1. The summed E-state index contributed by atoms with van der Waals surface area (Å²) in [5.74, 6) is 1.01. The summed E-state index contributed by atoms with van der Waals surface area (Å²) in [6, 6.07) is 6.12. The number of anilines is 1. The average molecular weight is 448 g/mol. The third kappa shape index (κ3) is 5.56. The van der Waals surface area contributed by atoms with Crippen molar-refractivity contribution in [1.29, 1.82) is 0 Å². The maximum Gasteiger partial charge on any atom is 0.225 e. The standard InChI is InChI=1S/C25H33N7O/c1-17(2)23-22(20-5-10-26-11-6-20)15-27-25(29-23)31-12-8-21(9-13-31)28-24(33)18(3)16-32-14-7-19(4)30-32/h5-7,10-11,14-15,17-18,21H,8-9,12-13,16H2,1-4H3,(H,28,33)/t18-/m1/s1. The first kappa shape index (κ1) is 22.9. The van der Waals surface area contributed by atoms with Crippen LogP contribution < -0.4 is 10.2 Å². The predicted octanol–water partition coefficient (Wildman–Crippen LogP) is 3.59. The number of hydrogen-bond acceptors (Lipinski definition) is 6. The molecule has 1 fully saturated rings. The molecule has 0 radical (unpaired) electrons. The summed E-state index contributed by atoms with van der Waals surface area (Å²) < 4.78 is 1.83. The van der Waals surface area contributed by atoms with Crippen molar-refractivity contribution < 1.29 is 4.79 Å². The molecule has 0 aromatic carbocycles. The Morgan fingerprint density at radius 2 is 1.88 bits per heavy atom. The molecular weight excluding hydrogens is 414 g/mol. The van der Waals surface area contributed by atoms with E-state index in [4.69, 9.17) is 4.98 Å². The van der Waals surface area contributed by atoms with Crippen LogP contribution in [-0.2, 0) is 11.3 Å². The number of carbonyl (C=O) groups excluding carboxylic acids is 1. The topological polar surface area (TPSA) is 88.8 Å². The first-order valence-electron chi connectivity index (χ1n) is 11.7. The van der Waals surface area contributed by atoms with Crippen molar-refractivity contribution >= 4 is 11.9 Å². The van der Waals surface area contributed by atoms with Gasteiger partial charge >= 0.3 is 0 Å². The summed E-state index contributed by atoms with van der Waals surface area (Å²) in [5, 5.41) is 7.61. The van der Waals surface area contributed by atoms with Crippen LogP contribution in [0, 0.1) is 12.8 Å². The van der Waals surface area contributed by atoms with Crippen molar-refractivity contribution in [2.24, 2.45) is 5.92 Å². The highest BCUT2D eigenvalue weighted by Crippen LogP contribution is 2.29. The second-order valence-electron chi connectivity index (χ2n) is 9.21. The van der Waals surface area contributed by atoms with Gasteiger partial charge in [-0.3, -0.25) is 14.5 Å². The van der Waals surface area contributed by atoms with Crippen LogP contribution in [0.5, 0.6) is 0 Å². The molecule has 0 aliphatic carbocycles. The van der Waals surface area contributed by atoms with E-state index in [1.165, 1.54) is 0 Å². The molecule has 1 aliphatic rings. The molecule has 4 rings (SSSR count). The molecule has 0 bridgehead atoms. The zero-order chi connectivity index (χ0) is 23.4. The van der Waals surface area contributed by atoms with E-state index in [1.54, 1.807) is 12.4 Å². The number of rotatable bonds is 7. The van der Waals surface area contributed by atoms with Gasteiger partial charge in [0.2, 0.25) is 11.9 Å². The Balaban J connectivity index is 1.35. The van der Waals surface area contributed by atoms with E-state index in [0.717, 1.165) is 54.4 Å². The number of carbonyl (C=O) groups is 1. The number of pyridine rings is 1. The van der Waals surface area contributed by atoms with Gasteiger partial charge in [-0.25, -0.2) is 9.97 Å². The van der Waals surface area contributed by atoms with E-state index in [-0.39, 0.29) is 23.8 Å². The number of aryl methyl sites for hydroxylation is 1. The lowest BCUT2D eigenvalue weighted by Gasteiger charge is -2.33. The third-order valence-electron chi connectivity index (χ3n) is 6.15. The number of nitrogens with one attached hydrogen (secondary N) is 1. The van der Waals surface area contributed by atoms with Gasteiger partial charge < -0.3 is 10.2 Å². The second-order valence-corrected chi connectivity index (χ2v) is 9.21. The van der Waals surface area contributed by atoms with Crippen molar-refractivity contribution in [3.05, 3.63) is 54.4 Å². The average Bonchev–Trinajstić information content (AvgIpc) is 3.24. The highest BCUT2D eigenvalue weighted by atomic mass is 16.2. The maximum atomic E-state index is 12.7. The van der Waals surface area contributed by atoms with Gasteiger partial charge in [0.15, 0.2) is 0 Å². The number of aromatic nitrogens is 5. The molecule has 1 atom stereocenters. The molecule has 1 aliphatic heterocycles. The van der Waals surface area contributed by atoms with Crippen molar-refractivity contribution in [3.63, 3.8) is 0 Å². The van der Waals surface area contributed by atoms with Gasteiger partial charge in [-0.2, -0.15) is 5.10 Å².